The lowest BCUT2D eigenvalue weighted by Gasteiger charge is -2.12. The van der Waals surface area contributed by atoms with Crippen LogP contribution in [0.1, 0.15) is 26.7 Å². The van der Waals surface area contributed by atoms with Crippen LogP contribution in [0.5, 0.6) is 0 Å². The van der Waals surface area contributed by atoms with E-state index in [1.165, 1.54) is 0 Å². The van der Waals surface area contributed by atoms with Crippen molar-refractivity contribution in [3.8, 4) is 0 Å². The molecule has 0 atom stereocenters. The second kappa shape index (κ2) is 7.61. The van der Waals surface area contributed by atoms with Crippen LogP contribution in [0.25, 0.3) is 0 Å². The van der Waals surface area contributed by atoms with E-state index in [0.29, 0.717) is 5.62 Å². The standard InChI is InChI=1S/C7H16ClOPS2/c1-3-5-11-10(9,7-8)12-6-4-2/h3-7H2,1-2H3. The van der Waals surface area contributed by atoms with Crippen molar-refractivity contribution < 1.29 is 4.57 Å². The Bertz CT molecular complexity index is 142. The minimum Gasteiger partial charge on any atom is -0.299 e. The largest absolute Gasteiger partial charge is 0.299 e. The molecule has 0 aliphatic heterocycles. The predicted octanol–water partition coefficient (Wildman–Crippen LogP) is 4.66. The molecule has 0 saturated carbocycles. The minimum atomic E-state index is -2.13. The van der Waals surface area contributed by atoms with Gasteiger partial charge in [-0.3, -0.25) is 4.57 Å². The van der Waals surface area contributed by atoms with Gasteiger partial charge in [-0.1, -0.05) is 36.6 Å². The molecule has 0 aromatic rings. The molecule has 0 aliphatic carbocycles. The van der Waals surface area contributed by atoms with Crippen LogP contribution in [-0.2, 0) is 4.57 Å². The predicted molar refractivity (Wildman–Crippen MR) is 63.8 cm³/mol. The molecule has 0 unspecified atom stereocenters. The summed E-state index contributed by atoms with van der Waals surface area (Å²) in [5.74, 6) is 1.92. The molecule has 0 radical (unpaired) electrons. The Morgan fingerprint density at radius 1 is 1.17 bits per heavy atom. The van der Waals surface area contributed by atoms with Gasteiger partial charge in [0.1, 0.15) is 0 Å². The third-order valence-electron chi connectivity index (χ3n) is 1.13. The quantitative estimate of drug-likeness (QED) is 0.480. The van der Waals surface area contributed by atoms with Crippen LogP contribution in [0.3, 0.4) is 0 Å². The lowest BCUT2D eigenvalue weighted by Crippen LogP contribution is -1.79. The van der Waals surface area contributed by atoms with Crippen molar-refractivity contribution in [2.45, 2.75) is 26.7 Å². The van der Waals surface area contributed by atoms with Gasteiger partial charge in [-0.05, 0) is 12.8 Å². The van der Waals surface area contributed by atoms with Crippen LogP contribution in [-0.4, -0.2) is 17.1 Å². The second-order valence-corrected chi connectivity index (χ2v) is 11.7. The number of hydrogen-bond donors (Lipinski definition) is 0. The highest BCUT2D eigenvalue weighted by Gasteiger charge is 2.20. The Kier molecular flexibility index (Phi) is 8.38. The Hall–Kier alpha value is 1.22. The smallest absolute Gasteiger partial charge is 0.205 e. The first-order valence-corrected chi connectivity index (χ1v) is 9.73. The fraction of sp³-hybridized carbons (Fsp3) is 1.00. The van der Waals surface area contributed by atoms with E-state index in [0.717, 1.165) is 24.3 Å². The molecule has 0 heterocycles. The number of rotatable bonds is 7. The van der Waals surface area contributed by atoms with Crippen LogP contribution < -0.4 is 0 Å². The van der Waals surface area contributed by atoms with E-state index in [2.05, 4.69) is 13.8 Å². The zero-order valence-electron chi connectivity index (χ0n) is 7.59. The molecule has 0 saturated heterocycles. The molecule has 0 amide bonds. The highest BCUT2D eigenvalue weighted by atomic mass is 35.5. The zero-order chi connectivity index (χ0) is 9.45. The first-order valence-electron chi connectivity index (χ1n) is 4.12. The number of hydrogen-bond acceptors (Lipinski definition) is 3. The Labute approximate surface area is 88.3 Å². The molecule has 1 nitrogen and oxygen atoms in total. The molecule has 0 spiro atoms. The van der Waals surface area contributed by atoms with Crippen molar-refractivity contribution >= 4 is 39.9 Å². The van der Waals surface area contributed by atoms with Crippen LogP contribution in [0.4, 0.5) is 0 Å². The summed E-state index contributed by atoms with van der Waals surface area (Å²) < 4.78 is 11.9. The summed E-state index contributed by atoms with van der Waals surface area (Å²) in [4.78, 5) is 0. The topological polar surface area (TPSA) is 17.1 Å². The molecule has 0 rings (SSSR count). The van der Waals surface area contributed by atoms with Gasteiger partial charge in [0.25, 0.3) is 0 Å². The molecule has 0 bridgehead atoms. The van der Waals surface area contributed by atoms with Gasteiger partial charge in [-0.25, -0.2) is 0 Å². The van der Waals surface area contributed by atoms with Crippen LogP contribution in [0, 0.1) is 0 Å². The van der Waals surface area contributed by atoms with Gasteiger partial charge in [0, 0.05) is 11.5 Å². The summed E-state index contributed by atoms with van der Waals surface area (Å²) >= 11 is 8.78. The van der Waals surface area contributed by atoms with E-state index >= 15 is 0 Å². The van der Waals surface area contributed by atoms with Gasteiger partial charge in [-0.15, -0.1) is 11.6 Å². The van der Waals surface area contributed by atoms with Crippen molar-refractivity contribution in [3.05, 3.63) is 0 Å². The van der Waals surface area contributed by atoms with Gasteiger partial charge in [0.15, 0.2) is 0 Å². The first kappa shape index (κ1) is 13.2. The van der Waals surface area contributed by atoms with E-state index in [4.69, 9.17) is 11.6 Å². The monoisotopic (exact) mass is 246 g/mol. The first-order chi connectivity index (χ1) is 5.68. The highest BCUT2D eigenvalue weighted by Crippen LogP contribution is 2.69. The summed E-state index contributed by atoms with van der Waals surface area (Å²) in [6.45, 7) is 4.19. The zero-order valence-corrected chi connectivity index (χ0v) is 10.9. The molecule has 0 fully saturated rings. The van der Waals surface area contributed by atoms with E-state index in [9.17, 15) is 4.57 Å². The summed E-state index contributed by atoms with van der Waals surface area (Å²) in [6, 6.07) is 0. The number of alkyl halides is 1. The summed E-state index contributed by atoms with van der Waals surface area (Å²) in [5.41, 5.74) is -1.83. The normalized spacial score (nSPS) is 11.9. The van der Waals surface area contributed by atoms with E-state index in [1.54, 1.807) is 22.8 Å². The molecule has 0 aromatic heterocycles. The van der Waals surface area contributed by atoms with Crippen LogP contribution in [0.2, 0.25) is 0 Å². The van der Waals surface area contributed by atoms with Gasteiger partial charge in [0.05, 0.1) is 5.62 Å². The van der Waals surface area contributed by atoms with Gasteiger partial charge in [0.2, 0.25) is 5.55 Å². The van der Waals surface area contributed by atoms with Crippen molar-refractivity contribution in [2.75, 3.05) is 17.1 Å². The van der Waals surface area contributed by atoms with Gasteiger partial charge >= 0.3 is 0 Å². The maximum Gasteiger partial charge on any atom is 0.205 e. The van der Waals surface area contributed by atoms with Crippen molar-refractivity contribution in [1.82, 2.24) is 0 Å². The molecule has 0 aromatic carbocycles. The summed E-state index contributed by atoms with van der Waals surface area (Å²) in [6.07, 6.45) is 2.14. The number of halogens is 1. The lowest BCUT2D eigenvalue weighted by atomic mass is 10.6. The molecule has 0 N–H and O–H groups in total. The third kappa shape index (κ3) is 5.80. The van der Waals surface area contributed by atoms with Gasteiger partial charge in [-0.2, -0.15) is 0 Å². The highest BCUT2D eigenvalue weighted by molar-refractivity contribution is 8.90. The molecular formula is C7H16ClOPS2. The van der Waals surface area contributed by atoms with Crippen LogP contribution in [0.15, 0.2) is 0 Å². The second-order valence-electron chi connectivity index (χ2n) is 2.40. The fourth-order valence-corrected chi connectivity index (χ4v) is 8.36. The molecular weight excluding hydrogens is 231 g/mol. The Balaban J connectivity index is 3.79. The van der Waals surface area contributed by atoms with E-state index in [-0.39, 0.29) is 0 Å². The summed E-state index contributed by atoms with van der Waals surface area (Å²) in [5, 5.41) is 0. The van der Waals surface area contributed by atoms with Crippen molar-refractivity contribution in [2.24, 2.45) is 0 Å². The third-order valence-corrected chi connectivity index (χ3v) is 11.4. The van der Waals surface area contributed by atoms with Crippen molar-refractivity contribution in [1.29, 1.82) is 0 Å². The van der Waals surface area contributed by atoms with E-state index in [1.807, 2.05) is 0 Å². The summed E-state index contributed by atoms with van der Waals surface area (Å²) in [7, 11) is 0. The Morgan fingerprint density at radius 2 is 1.58 bits per heavy atom. The molecule has 12 heavy (non-hydrogen) atoms. The average molecular weight is 247 g/mol. The van der Waals surface area contributed by atoms with Crippen LogP contribution >= 0.6 is 39.9 Å². The lowest BCUT2D eigenvalue weighted by molar-refractivity contribution is 0.596. The van der Waals surface area contributed by atoms with Crippen molar-refractivity contribution in [3.63, 3.8) is 0 Å². The maximum atomic E-state index is 11.9. The Morgan fingerprint density at radius 3 is 1.83 bits per heavy atom. The SMILES string of the molecule is CCCSP(=O)(CCl)SCCC. The molecule has 5 heteroatoms. The fourth-order valence-electron chi connectivity index (χ4n) is 0.567. The average Bonchev–Trinajstić information content (AvgIpc) is 2.11. The molecule has 74 valence electrons. The van der Waals surface area contributed by atoms with E-state index < -0.39 is 5.55 Å². The molecule has 0 aliphatic rings. The maximum absolute atomic E-state index is 11.9. The van der Waals surface area contributed by atoms with Gasteiger partial charge < -0.3 is 0 Å². The minimum absolute atomic E-state index is 0.308.